The number of alkyl halides is 3. The highest BCUT2D eigenvalue weighted by atomic mass is 79.9. The van der Waals surface area contributed by atoms with Gasteiger partial charge in [0.25, 0.3) is 0 Å². The van der Waals surface area contributed by atoms with Gasteiger partial charge in [0, 0.05) is 0 Å². The summed E-state index contributed by atoms with van der Waals surface area (Å²) in [7, 11) is 0. The van der Waals surface area contributed by atoms with Gasteiger partial charge in [0.15, 0.2) is 0 Å². The number of halogens is 4. The molecular weight excluding hydrogens is 349 g/mol. The van der Waals surface area contributed by atoms with Crippen molar-refractivity contribution >= 4 is 27.7 Å². The number of rotatable bonds is 3. The number of hydrogen-bond donors (Lipinski definition) is 1. The Labute approximate surface area is 127 Å². The number of benzene rings is 1. The van der Waals surface area contributed by atoms with Crippen LogP contribution in [0.5, 0.6) is 0 Å². The number of carbonyl (C=O) groups excluding carboxylic acids is 1. The molecule has 0 radical (unpaired) electrons. The summed E-state index contributed by atoms with van der Waals surface area (Å²) in [5, 5.41) is 2.57. The summed E-state index contributed by atoms with van der Waals surface area (Å²) in [6.07, 6.45) is -4.40. The number of hydrogen-bond acceptors (Lipinski definition) is 2. The zero-order chi connectivity index (χ0) is 15.5. The molecule has 0 atom stereocenters. The van der Waals surface area contributed by atoms with Crippen LogP contribution in [0.3, 0.4) is 0 Å². The average Bonchev–Trinajstić information content (AvgIpc) is 2.38. The third kappa shape index (κ3) is 4.56. The van der Waals surface area contributed by atoms with Gasteiger partial charge >= 0.3 is 6.18 Å². The number of carbonyl (C=O) groups is 1. The Bertz CT molecular complexity index is 641. The van der Waals surface area contributed by atoms with Gasteiger partial charge in [-0.15, -0.1) is 0 Å². The van der Waals surface area contributed by atoms with Gasteiger partial charge in [-0.25, -0.2) is 4.98 Å². The number of aromatic nitrogens is 1. The van der Waals surface area contributed by atoms with Gasteiger partial charge in [-0.3, -0.25) is 4.79 Å². The zero-order valence-corrected chi connectivity index (χ0v) is 12.2. The van der Waals surface area contributed by atoms with Crippen LogP contribution in [-0.4, -0.2) is 10.9 Å². The van der Waals surface area contributed by atoms with Crippen molar-refractivity contribution in [3.8, 4) is 0 Å². The maximum Gasteiger partial charge on any atom is 0.416 e. The Morgan fingerprint density at radius 2 is 1.81 bits per heavy atom. The summed E-state index contributed by atoms with van der Waals surface area (Å²) in [5.41, 5.74) is -0.240. The minimum absolute atomic E-state index is 0.0215. The van der Waals surface area contributed by atoms with Crippen molar-refractivity contribution in [3.63, 3.8) is 0 Å². The van der Waals surface area contributed by atoms with E-state index in [4.69, 9.17) is 0 Å². The van der Waals surface area contributed by atoms with Gasteiger partial charge in [-0.05, 0) is 45.8 Å². The second-order valence-corrected chi connectivity index (χ2v) is 5.08. The third-order valence-corrected chi connectivity index (χ3v) is 3.07. The van der Waals surface area contributed by atoms with E-state index < -0.39 is 11.7 Å². The molecule has 1 heterocycles. The summed E-state index contributed by atoms with van der Waals surface area (Å²) < 4.78 is 37.8. The molecule has 0 fully saturated rings. The second-order valence-electron chi connectivity index (χ2n) is 4.27. The molecule has 0 aliphatic carbocycles. The van der Waals surface area contributed by atoms with Gasteiger partial charge < -0.3 is 5.32 Å². The number of nitrogens with one attached hydrogen (secondary N) is 1. The standard InChI is InChI=1S/C14H10BrF3N2O/c15-11-2-1-3-12(19-11)20-13(21)8-9-4-6-10(7-5-9)14(16,17)18/h1-7H,8H2,(H,19,20,21). The SMILES string of the molecule is O=C(Cc1ccc(C(F)(F)F)cc1)Nc1cccc(Br)n1. The lowest BCUT2D eigenvalue weighted by Crippen LogP contribution is -2.15. The van der Waals surface area contributed by atoms with Gasteiger partial charge in [0.1, 0.15) is 10.4 Å². The van der Waals surface area contributed by atoms with Gasteiger partial charge in [0.05, 0.1) is 12.0 Å². The first-order chi connectivity index (χ1) is 9.84. The molecule has 110 valence electrons. The monoisotopic (exact) mass is 358 g/mol. The van der Waals surface area contributed by atoms with Crippen molar-refractivity contribution in [2.45, 2.75) is 12.6 Å². The molecule has 0 bridgehead atoms. The summed E-state index contributed by atoms with van der Waals surface area (Å²) in [4.78, 5) is 15.8. The maximum absolute atomic E-state index is 12.4. The predicted octanol–water partition coefficient (Wildman–Crippen LogP) is 4.04. The zero-order valence-electron chi connectivity index (χ0n) is 10.6. The fourth-order valence-electron chi connectivity index (χ4n) is 1.66. The van der Waals surface area contributed by atoms with Crippen molar-refractivity contribution in [2.24, 2.45) is 0 Å². The minimum atomic E-state index is -4.37. The molecule has 3 nitrogen and oxygen atoms in total. The van der Waals surface area contributed by atoms with Crippen molar-refractivity contribution < 1.29 is 18.0 Å². The lowest BCUT2D eigenvalue weighted by molar-refractivity contribution is -0.137. The number of pyridine rings is 1. The lowest BCUT2D eigenvalue weighted by Gasteiger charge is -2.08. The maximum atomic E-state index is 12.4. The summed E-state index contributed by atoms with van der Waals surface area (Å²) in [5.74, 6) is 0.0293. The predicted molar refractivity (Wildman–Crippen MR) is 75.7 cm³/mol. The van der Waals surface area contributed by atoms with E-state index in [0.717, 1.165) is 12.1 Å². The van der Waals surface area contributed by atoms with Crippen molar-refractivity contribution in [3.05, 3.63) is 58.2 Å². The fourth-order valence-corrected chi connectivity index (χ4v) is 2.01. The van der Waals surface area contributed by atoms with Crippen LogP contribution in [0, 0.1) is 0 Å². The molecule has 2 rings (SSSR count). The summed E-state index contributed by atoms with van der Waals surface area (Å²) in [6, 6.07) is 9.54. The van der Waals surface area contributed by atoms with Gasteiger partial charge in [-0.1, -0.05) is 18.2 Å². The highest BCUT2D eigenvalue weighted by Gasteiger charge is 2.29. The molecule has 0 spiro atoms. The number of nitrogens with zero attached hydrogens (tertiary/aromatic N) is 1. The van der Waals surface area contributed by atoms with E-state index >= 15 is 0 Å². The smallest absolute Gasteiger partial charge is 0.310 e. The molecule has 1 aromatic carbocycles. The molecule has 1 amide bonds. The number of anilines is 1. The molecule has 7 heteroatoms. The van der Waals surface area contributed by atoms with E-state index in [-0.39, 0.29) is 12.3 Å². The molecule has 0 saturated carbocycles. The van der Waals surface area contributed by atoms with E-state index in [0.29, 0.717) is 16.0 Å². The van der Waals surface area contributed by atoms with Crippen LogP contribution < -0.4 is 5.32 Å². The molecule has 21 heavy (non-hydrogen) atoms. The van der Waals surface area contributed by atoms with Crippen LogP contribution in [0.2, 0.25) is 0 Å². The first kappa shape index (κ1) is 15.5. The van der Waals surface area contributed by atoms with Crippen LogP contribution in [0.1, 0.15) is 11.1 Å². The Hall–Kier alpha value is -1.89. The molecular formula is C14H10BrF3N2O. The molecule has 0 saturated heterocycles. The van der Waals surface area contributed by atoms with Crippen molar-refractivity contribution in [1.29, 1.82) is 0 Å². The van der Waals surface area contributed by atoms with E-state index in [1.54, 1.807) is 18.2 Å². The Morgan fingerprint density at radius 3 is 2.38 bits per heavy atom. The van der Waals surface area contributed by atoms with Crippen LogP contribution in [0.4, 0.5) is 19.0 Å². The van der Waals surface area contributed by atoms with E-state index in [2.05, 4.69) is 26.2 Å². The Kier molecular flexibility index (Phi) is 4.62. The highest BCUT2D eigenvalue weighted by Crippen LogP contribution is 2.29. The highest BCUT2D eigenvalue weighted by molar-refractivity contribution is 9.10. The number of amides is 1. The molecule has 0 unspecified atom stereocenters. The van der Waals surface area contributed by atoms with E-state index in [1.165, 1.54) is 12.1 Å². The molecule has 1 N–H and O–H groups in total. The summed E-state index contributed by atoms with van der Waals surface area (Å²) >= 11 is 3.18. The van der Waals surface area contributed by atoms with Crippen molar-refractivity contribution in [2.75, 3.05) is 5.32 Å². The summed E-state index contributed by atoms with van der Waals surface area (Å²) in [6.45, 7) is 0. The average molecular weight is 359 g/mol. The quantitative estimate of drug-likeness (QED) is 0.841. The first-order valence-corrected chi connectivity index (χ1v) is 6.72. The van der Waals surface area contributed by atoms with Crippen LogP contribution >= 0.6 is 15.9 Å². The van der Waals surface area contributed by atoms with Crippen LogP contribution in [-0.2, 0) is 17.4 Å². The largest absolute Gasteiger partial charge is 0.416 e. The first-order valence-electron chi connectivity index (χ1n) is 5.93. The topological polar surface area (TPSA) is 42.0 Å². The van der Waals surface area contributed by atoms with Crippen LogP contribution in [0.15, 0.2) is 47.1 Å². The Morgan fingerprint density at radius 1 is 1.14 bits per heavy atom. The molecule has 1 aromatic heterocycles. The van der Waals surface area contributed by atoms with Gasteiger partial charge in [-0.2, -0.15) is 13.2 Å². The normalized spacial score (nSPS) is 11.2. The van der Waals surface area contributed by atoms with Crippen molar-refractivity contribution in [1.82, 2.24) is 4.98 Å². The molecule has 2 aromatic rings. The second kappa shape index (κ2) is 6.26. The van der Waals surface area contributed by atoms with Crippen LogP contribution in [0.25, 0.3) is 0 Å². The third-order valence-electron chi connectivity index (χ3n) is 2.63. The Balaban J connectivity index is 2.00. The van der Waals surface area contributed by atoms with E-state index in [9.17, 15) is 18.0 Å². The lowest BCUT2D eigenvalue weighted by atomic mass is 10.1. The molecule has 0 aliphatic heterocycles. The fraction of sp³-hybridized carbons (Fsp3) is 0.143. The molecule has 0 aliphatic rings. The van der Waals surface area contributed by atoms with E-state index in [1.807, 2.05) is 0 Å². The van der Waals surface area contributed by atoms with Gasteiger partial charge in [0.2, 0.25) is 5.91 Å². The minimum Gasteiger partial charge on any atom is -0.310 e.